The van der Waals surface area contributed by atoms with Gasteiger partial charge in [0.25, 0.3) is 5.91 Å². The number of fused-ring (bicyclic) bond motifs is 1. The zero-order chi connectivity index (χ0) is 21.8. The molecule has 0 bridgehead atoms. The van der Waals surface area contributed by atoms with E-state index in [1.165, 1.54) is 0 Å². The number of carbonyl (C=O) groups is 1. The molecule has 0 fully saturated rings. The molecular formula is C25H24N2O4. The molecule has 0 aliphatic heterocycles. The van der Waals surface area contributed by atoms with Crippen molar-refractivity contribution >= 4 is 16.9 Å². The first-order chi connectivity index (χ1) is 15.0. The van der Waals surface area contributed by atoms with Crippen LogP contribution in [0.2, 0.25) is 0 Å². The molecule has 2 aromatic carbocycles. The zero-order valence-electron chi connectivity index (χ0n) is 17.7. The minimum atomic E-state index is -0.264. The molecule has 1 amide bonds. The Balaban J connectivity index is 1.46. The molecule has 2 heterocycles. The molecule has 1 unspecified atom stereocenters. The number of furan rings is 1. The minimum Gasteiger partial charge on any atom is -0.497 e. The molecule has 1 atom stereocenters. The maximum absolute atomic E-state index is 12.9. The Hall–Kier alpha value is -3.80. The van der Waals surface area contributed by atoms with Gasteiger partial charge >= 0.3 is 0 Å². The summed E-state index contributed by atoms with van der Waals surface area (Å²) in [6, 6.07) is 18.6. The molecular weight excluding hydrogens is 392 g/mol. The highest BCUT2D eigenvalue weighted by Crippen LogP contribution is 2.29. The topological polar surface area (TPSA) is 73.6 Å². The van der Waals surface area contributed by atoms with E-state index in [9.17, 15) is 4.79 Å². The molecule has 158 valence electrons. The number of benzene rings is 2. The van der Waals surface area contributed by atoms with E-state index in [0.717, 1.165) is 33.7 Å². The average Bonchev–Trinajstić information content (AvgIpc) is 3.14. The van der Waals surface area contributed by atoms with Gasteiger partial charge in [0.05, 0.1) is 18.8 Å². The maximum Gasteiger partial charge on any atom is 0.287 e. The van der Waals surface area contributed by atoms with E-state index in [1.54, 1.807) is 13.3 Å². The molecule has 0 spiro atoms. The van der Waals surface area contributed by atoms with Gasteiger partial charge in [0.2, 0.25) is 0 Å². The average molecular weight is 416 g/mol. The molecule has 31 heavy (non-hydrogen) atoms. The Morgan fingerprint density at radius 1 is 1.10 bits per heavy atom. The number of ether oxygens (including phenoxy) is 2. The van der Waals surface area contributed by atoms with Crippen LogP contribution in [0, 0.1) is 6.92 Å². The Labute approximate surface area is 180 Å². The fourth-order valence-corrected chi connectivity index (χ4v) is 3.40. The quantitative estimate of drug-likeness (QED) is 0.447. The lowest BCUT2D eigenvalue weighted by atomic mass is 10.1. The van der Waals surface area contributed by atoms with Gasteiger partial charge in [-0.25, -0.2) is 0 Å². The van der Waals surface area contributed by atoms with Crippen molar-refractivity contribution in [2.45, 2.75) is 26.5 Å². The predicted octanol–water partition coefficient (Wildman–Crippen LogP) is 5.21. The number of hydrogen-bond donors (Lipinski definition) is 1. The fourth-order valence-electron chi connectivity index (χ4n) is 3.40. The normalized spacial score (nSPS) is 11.8. The van der Waals surface area contributed by atoms with Gasteiger partial charge in [-0.1, -0.05) is 18.2 Å². The first kappa shape index (κ1) is 20.5. The van der Waals surface area contributed by atoms with Gasteiger partial charge < -0.3 is 19.2 Å². The van der Waals surface area contributed by atoms with Crippen molar-refractivity contribution in [2.24, 2.45) is 0 Å². The molecule has 6 nitrogen and oxygen atoms in total. The van der Waals surface area contributed by atoms with Crippen LogP contribution in [0.25, 0.3) is 11.0 Å². The highest BCUT2D eigenvalue weighted by atomic mass is 16.5. The van der Waals surface area contributed by atoms with Gasteiger partial charge in [0.15, 0.2) is 5.76 Å². The van der Waals surface area contributed by atoms with Crippen LogP contribution in [0.3, 0.4) is 0 Å². The van der Waals surface area contributed by atoms with Crippen LogP contribution < -0.4 is 14.8 Å². The van der Waals surface area contributed by atoms with Gasteiger partial charge in [-0.2, -0.15) is 0 Å². The molecule has 6 heteroatoms. The van der Waals surface area contributed by atoms with Crippen LogP contribution in [-0.4, -0.2) is 18.0 Å². The van der Waals surface area contributed by atoms with Crippen LogP contribution in [-0.2, 0) is 6.61 Å². The van der Waals surface area contributed by atoms with E-state index in [0.29, 0.717) is 18.0 Å². The van der Waals surface area contributed by atoms with Gasteiger partial charge in [-0.05, 0) is 61.9 Å². The Morgan fingerprint density at radius 3 is 2.74 bits per heavy atom. The number of hydrogen-bond acceptors (Lipinski definition) is 5. The number of nitrogens with zero attached hydrogens (tertiary/aromatic N) is 1. The number of aromatic nitrogens is 1. The van der Waals surface area contributed by atoms with Crippen molar-refractivity contribution in [3.63, 3.8) is 0 Å². The molecule has 2 aromatic heterocycles. The third kappa shape index (κ3) is 4.53. The number of aryl methyl sites for hydroxylation is 1. The number of carbonyl (C=O) groups excluding carboxylic acids is 1. The molecule has 0 saturated heterocycles. The van der Waals surface area contributed by atoms with Crippen molar-refractivity contribution < 1.29 is 18.7 Å². The summed E-state index contributed by atoms with van der Waals surface area (Å²) in [5, 5.41) is 3.88. The number of pyridine rings is 1. The first-order valence-corrected chi connectivity index (χ1v) is 10.1. The van der Waals surface area contributed by atoms with Crippen molar-refractivity contribution in [2.75, 3.05) is 7.11 Å². The summed E-state index contributed by atoms with van der Waals surface area (Å²) >= 11 is 0. The monoisotopic (exact) mass is 416 g/mol. The summed E-state index contributed by atoms with van der Waals surface area (Å²) < 4.78 is 16.9. The summed E-state index contributed by atoms with van der Waals surface area (Å²) in [4.78, 5) is 17.2. The van der Waals surface area contributed by atoms with Gasteiger partial charge in [0, 0.05) is 17.1 Å². The van der Waals surface area contributed by atoms with E-state index in [1.807, 2.05) is 74.5 Å². The molecule has 4 rings (SSSR count). The summed E-state index contributed by atoms with van der Waals surface area (Å²) in [6.45, 7) is 4.18. The van der Waals surface area contributed by atoms with Crippen LogP contribution >= 0.6 is 0 Å². The maximum atomic E-state index is 12.9. The number of nitrogens with one attached hydrogen (secondary N) is 1. The Morgan fingerprint density at radius 2 is 1.97 bits per heavy atom. The zero-order valence-corrected chi connectivity index (χ0v) is 17.7. The predicted molar refractivity (Wildman–Crippen MR) is 118 cm³/mol. The van der Waals surface area contributed by atoms with E-state index < -0.39 is 0 Å². The van der Waals surface area contributed by atoms with Gasteiger partial charge in [-0.15, -0.1) is 0 Å². The summed E-state index contributed by atoms with van der Waals surface area (Å²) in [6.07, 6.45) is 1.74. The largest absolute Gasteiger partial charge is 0.497 e. The van der Waals surface area contributed by atoms with Gasteiger partial charge in [-0.3, -0.25) is 9.78 Å². The SMILES string of the molecule is COc1ccc2oc(C(=O)NC(C)c3cccc(OCc4ccccn4)c3)c(C)c2c1. The van der Waals surface area contributed by atoms with Crippen LogP contribution in [0.4, 0.5) is 0 Å². The lowest BCUT2D eigenvalue weighted by Crippen LogP contribution is -2.26. The van der Waals surface area contributed by atoms with Crippen LogP contribution in [0.15, 0.2) is 71.3 Å². The highest BCUT2D eigenvalue weighted by Gasteiger charge is 2.20. The van der Waals surface area contributed by atoms with Crippen molar-refractivity contribution in [1.82, 2.24) is 10.3 Å². The molecule has 4 aromatic rings. The lowest BCUT2D eigenvalue weighted by molar-refractivity contribution is 0.0913. The van der Waals surface area contributed by atoms with E-state index in [-0.39, 0.29) is 11.9 Å². The van der Waals surface area contributed by atoms with Crippen LogP contribution in [0.5, 0.6) is 11.5 Å². The highest BCUT2D eigenvalue weighted by molar-refractivity contribution is 5.99. The molecule has 0 aliphatic carbocycles. The second kappa shape index (κ2) is 8.92. The van der Waals surface area contributed by atoms with Crippen molar-refractivity contribution in [1.29, 1.82) is 0 Å². The van der Waals surface area contributed by atoms with Crippen LogP contribution in [0.1, 0.15) is 40.3 Å². The third-order valence-corrected chi connectivity index (χ3v) is 5.17. The summed E-state index contributed by atoms with van der Waals surface area (Å²) in [5.41, 5.74) is 3.22. The summed E-state index contributed by atoms with van der Waals surface area (Å²) in [5.74, 6) is 1.48. The van der Waals surface area contributed by atoms with E-state index in [2.05, 4.69) is 10.3 Å². The first-order valence-electron chi connectivity index (χ1n) is 10.1. The van der Waals surface area contributed by atoms with E-state index in [4.69, 9.17) is 13.9 Å². The van der Waals surface area contributed by atoms with Crippen molar-refractivity contribution in [3.05, 3.63) is 89.4 Å². The third-order valence-electron chi connectivity index (χ3n) is 5.17. The summed E-state index contributed by atoms with van der Waals surface area (Å²) in [7, 11) is 1.61. The smallest absolute Gasteiger partial charge is 0.287 e. The number of rotatable bonds is 7. The minimum absolute atomic E-state index is 0.229. The Bertz CT molecular complexity index is 1200. The van der Waals surface area contributed by atoms with Gasteiger partial charge in [0.1, 0.15) is 23.7 Å². The number of amides is 1. The van der Waals surface area contributed by atoms with E-state index >= 15 is 0 Å². The molecule has 0 aliphatic rings. The lowest BCUT2D eigenvalue weighted by Gasteiger charge is -2.15. The Kier molecular flexibility index (Phi) is 5.89. The molecule has 1 N–H and O–H groups in total. The van der Waals surface area contributed by atoms with Crippen molar-refractivity contribution in [3.8, 4) is 11.5 Å². The number of methoxy groups -OCH3 is 1. The molecule has 0 radical (unpaired) electrons. The second-order valence-corrected chi connectivity index (χ2v) is 7.30. The standard InChI is InChI=1S/C25H24N2O4/c1-16-22-14-20(29-3)10-11-23(22)31-24(16)25(28)27-17(2)18-7-6-9-21(13-18)30-15-19-8-4-5-12-26-19/h4-14,17H,15H2,1-3H3,(H,27,28). The molecule has 0 saturated carbocycles. The second-order valence-electron chi connectivity index (χ2n) is 7.30. The fraction of sp³-hybridized carbons (Fsp3) is 0.200.